The number of nitrogens with zero attached hydrogens (tertiary/aromatic N) is 3. The van der Waals surface area contributed by atoms with Crippen LogP contribution in [0.2, 0.25) is 0 Å². The van der Waals surface area contributed by atoms with Gasteiger partial charge in [0.05, 0.1) is 6.04 Å². The van der Waals surface area contributed by atoms with Gasteiger partial charge in [-0.15, -0.1) is 0 Å². The molecule has 3 heterocycles. The summed E-state index contributed by atoms with van der Waals surface area (Å²) in [5.41, 5.74) is 0.689. The van der Waals surface area contributed by atoms with Crippen molar-refractivity contribution in [1.82, 2.24) is 20.4 Å². The standard InChI is InChI=1S/C12H12Br2N4O/c13-7-5-8(14)10(16-6-7)11-17-12(19-18-11)9-3-1-2-4-15-9/h5-6,9,15H,1-4H2. The van der Waals surface area contributed by atoms with Crippen LogP contribution in [-0.4, -0.2) is 21.7 Å². The Kier molecular flexibility index (Phi) is 3.95. The average molecular weight is 388 g/mol. The lowest BCUT2D eigenvalue weighted by Gasteiger charge is -2.19. The topological polar surface area (TPSA) is 63.8 Å². The molecule has 0 bridgehead atoms. The van der Waals surface area contributed by atoms with E-state index in [1.165, 1.54) is 12.8 Å². The Bertz CT molecular complexity index is 581. The fourth-order valence-electron chi connectivity index (χ4n) is 2.11. The van der Waals surface area contributed by atoms with E-state index in [0.717, 1.165) is 21.9 Å². The zero-order valence-corrected chi connectivity index (χ0v) is 13.2. The normalized spacial score (nSPS) is 19.6. The molecule has 2 aromatic rings. The van der Waals surface area contributed by atoms with Crippen LogP contribution in [0.3, 0.4) is 0 Å². The maximum atomic E-state index is 5.35. The van der Waals surface area contributed by atoms with Gasteiger partial charge in [-0.2, -0.15) is 4.98 Å². The lowest BCUT2D eigenvalue weighted by molar-refractivity contribution is 0.297. The number of hydrogen-bond acceptors (Lipinski definition) is 5. The molecule has 0 saturated carbocycles. The predicted molar refractivity (Wildman–Crippen MR) is 77.5 cm³/mol. The molecule has 0 radical (unpaired) electrons. The number of hydrogen-bond donors (Lipinski definition) is 1. The number of pyridine rings is 1. The summed E-state index contributed by atoms with van der Waals surface area (Å²) in [4.78, 5) is 8.75. The average Bonchev–Trinajstić information content (AvgIpc) is 2.89. The maximum Gasteiger partial charge on any atom is 0.244 e. The summed E-state index contributed by atoms with van der Waals surface area (Å²) in [5.74, 6) is 1.16. The van der Waals surface area contributed by atoms with Crippen molar-refractivity contribution in [3.63, 3.8) is 0 Å². The number of rotatable bonds is 2. The van der Waals surface area contributed by atoms with Crippen molar-refractivity contribution in [2.75, 3.05) is 6.54 Å². The van der Waals surface area contributed by atoms with Crippen molar-refractivity contribution >= 4 is 31.9 Å². The Hall–Kier alpha value is -0.790. The van der Waals surface area contributed by atoms with Gasteiger partial charge in [0.25, 0.3) is 0 Å². The predicted octanol–water partition coefficient (Wildman–Crippen LogP) is 3.47. The first-order valence-electron chi connectivity index (χ1n) is 6.12. The molecule has 100 valence electrons. The highest BCUT2D eigenvalue weighted by Crippen LogP contribution is 2.28. The third kappa shape index (κ3) is 2.88. The molecule has 1 aliphatic heterocycles. The van der Waals surface area contributed by atoms with Gasteiger partial charge < -0.3 is 9.84 Å². The number of aromatic nitrogens is 3. The molecule has 0 aromatic carbocycles. The molecule has 3 rings (SSSR count). The monoisotopic (exact) mass is 386 g/mol. The van der Waals surface area contributed by atoms with Crippen LogP contribution < -0.4 is 5.32 Å². The minimum absolute atomic E-state index is 0.171. The molecule has 0 amide bonds. The molecule has 1 N–H and O–H groups in total. The second-order valence-corrected chi connectivity index (χ2v) is 6.21. The summed E-state index contributed by atoms with van der Waals surface area (Å²) < 4.78 is 7.09. The highest BCUT2D eigenvalue weighted by atomic mass is 79.9. The molecule has 0 spiro atoms. The van der Waals surface area contributed by atoms with Crippen molar-refractivity contribution in [3.8, 4) is 11.5 Å². The van der Waals surface area contributed by atoms with Crippen molar-refractivity contribution in [3.05, 3.63) is 27.1 Å². The van der Waals surface area contributed by atoms with E-state index in [4.69, 9.17) is 4.52 Å². The molecule has 1 saturated heterocycles. The van der Waals surface area contributed by atoms with Crippen LogP contribution in [0.25, 0.3) is 11.5 Å². The minimum Gasteiger partial charge on any atom is -0.337 e. The Morgan fingerprint density at radius 1 is 1.32 bits per heavy atom. The molecular formula is C12H12Br2N4O. The fraction of sp³-hybridized carbons (Fsp3) is 0.417. The third-order valence-electron chi connectivity index (χ3n) is 3.07. The lowest BCUT2D eigenvalue weighted by atomic mass is 10.1. The molecule has 1 atom stereocenters. The molecule has 2 aromatic heterocycles. The molecule has 5 nitrogen and oxygen atoms in total. The minimum atomic E-state index is 0.171. The number of nitrogens with one attached hydrogen (secondary N) is 1. The number of piperidine rings is 1. The van der Waals surface area contributed by atoms with Crippen LogP contribution >= 0.6 is 31.9 Å². The summed E-state index contributed by atoms with van der Waals surface area (Å²) in [7, 11) is 0. The molecule has 1 unspecified atom stereocenters. The van der Waals surface area contributed by atoms with Gasteiger partial charge in [-0.3, -0.25) is 4.98 Å². The zero-order valence-electron chi connectivity index (χ0n) is 10.1. The van der Waals surface area contributed by atoms with Crippen molar-refractivity contribution in [2.45, 2.75) is 25.3 Å². The largest absolute Gasteiger partial charge is 0.337 e. The van der Waals surface area contributed by atoms with Gasteiger partial charge in [0.1, 0.15) is 5.69 Å². The summed E-state index contributed by atoms with van der Waals surface area (Å²) in [6, 6.07) is 2.08. The SMILES string of the molecule is Brc1cnc(-c2noc(C3CCCCN3)n2)c(Br)c1. The van der Waals surface area contributed by atoms with E-state index in [2.05, 4.69) is 52.3 Å². The molecule has 1 aliphatic rings. The molecule has 0 aliphatic carbocycles. The Balaban J connectivity index is 1.87. The maximum absolute atomic E-state index is 5.35. The van der Waals surface area contributed by atoms with Crippen LogP contribution in [-0.2, 0) is 0 Å². The van der Waals surface area contributed by atoms with Crippen LogP contribution in [0.15, 0.2) is 25.7 Å². The fourth-order valence-corrected chi connectivity index (χ4v) is 3.28. The van der Waals surface area contributed by atoms with Gasteiger partial charge in [-0.1, -0.05) is 11.6 Å². The van der Waals surface area contributed by atoms with Gasteiger partial charge >= 0.3 is 0 Å². The van der Waals surface area contributed by atoms with Crippen molar-refractivity contribution in [1.29, 1.82) is 0 Å². The van der Waals surface area contributed by atoms with Crippen LogP contribution in [0.4, 0.5) is 0 Å². The second kappa shape index (κ2) is 5.68. The zero-order chi connectivity index (χ0) is 13.2. The Morgan fingerprint density at radius 3 is 2.95 bits per heavy atom. The first-order chi connectivity index (χ1) is 9.24. The van der Waals surface area contributed by atoms with E-state index in [1.54, 1.807) is 6.20 Å². The van der Waals surface area contributed by atoms with Gasteiger partial charge in [0, 0.05) is 15.1 Å². The molecule has 1 fully saturated rings. The highest BCUT2D eigenvalue weighted by Gasteiger charge is 2.22. The van der Waals surface area contributed by atoms with Crippen LogP contribution in [0.1, 0.15) is 31.2 Å². The lowest BCUT2D eigenvalue weighted by Crippen LogP contribution is -2.26. The number of halogens is 2. The molecular weight excluding hydrogens is 376 g/mol. The first-order valence-corrected chi connectivity index (χ1v) is 7.71. The molecule has 7 heteroatoms. The van der Waals surface area contributed by atoms with E-state index in [9.17, 15) is 0 Å². The summed E-state index contributed by atoms with van der Waals surface area (Å²) >= 11 is 6.83. The van der Waals surface area contributed by atoms with Gasteiger partial charge in [-0.05, 0) is 57.3 Å². The quantitative estimate of drug-likeness (QED) is 0.854. The Labute approximate surface area is 127 Å². The first kappa shape index (κ1) is 13.2. The Morgan fingerprint density at radius 2 is 2.21 bits per heavy atom. The molecule has 19 heavy (non-hydrogen) atoms. The van der Waals surface area contributed by atoms with Crippen LogP contribution in [0.5, 0.6) is 0 Å². The smallest absolute Gasteiger partial charge is 0.244 e. The summed E-state index contributed by atoms with van der Waals surface area (Å²) in [6.07, 6.45) is 5.15. The second-order valence-electron chi connectivity index (χ2n) is 4.44. The van der Waals surface area contributed by atoms with Crippen LogP contribution in [0, 0.1) is 0 Å². The van der Waals surface area contributed by atoms with E-state index in [0.29, 0.717) is 17.4 Å². The van der Waals surface area contributed by atoms with E-state index >= 15 is 0 Å². The van der Waals surface area contributed by atoms with E-state index < -0.39 is 0 Å². The van der Waals surface area contributed by atoms with Gasteiger partial charge in [0.15, 0.2) is 0 Å². The highest BCUT2D eigenvalue weighted by molar-refractivity contribution is 9.11. The van der Waals surface area contributed by atoms with E-state index in [1.807, 2.05) is 6.07 Å². The third-order valence-corrected chi connectivity index (χ3v) is 4.11. The summed E-state index contributed by atoms with van der Waals surface area (Å²) in [6.45, 7) is 1.00. The van der Waals surface area contributed by atoms with Crippen molar-refractivity contribution in [2.24, 2.45) is 0 Å². The van der Waals surface area contributed by atoms with Gasteiger partial charge in [0.2, 0.25) is 11.7 Å². The summed E-state index contributed by atoms with van der Waals surface area (Å²) in [5, 5.41) is 7.41. The van der Waals surface area contributed by atoms with Crippen molar-refractivity contribution < 1.29 is 4.52 Å². The van der Waals surface area contributed by atoms with E-state index in [-0.39, 0.29) is 6.04 Å². The van der Waals surface area contributed by atoms with Gasteiger partial charge in [-0.25, -0.2) is 0 Å².